The summed E-state index contributed by atoms with van der Waals surface area (Å²) in [6.45, 7) is -2.53. The fourth-order valence-corrected chi connectivity index (χ4v) is 5.07. The van der Waals surface area contributed by atoms with Crippen molar-refractivity contribution in [3.63, 3.8) is 0 Å². The predicted octanol–water partition coefficient (Wildman–Crippen LogP) is -6.80. The molecule has 3 aliphatic rings. The minimum atomic E-state index is -5.26. The highest BCUT2D eigenvalue weighted by Gasteiger charge is 2.54. The van der Waals surface area contributed by atoms with Gasteiger partial charge in [0.25, 0.3) is 0 Å². The number of aliphatic hydroxyl groups is 9. The van der Waals surface area contributed by atoms with Crippen molar-refractivity contribution in [3.05, 3.63) is 0 Å². The van der Waals surface area contributed by atoms with E-state index >= 15 is 0 Å². The highest BCUT2D eigenvalue weighted by Crippen LogP contribution is 2.42. The van der Waals surface area contributed by atoms with Crippen LogP contribution in [0.15, 0.2) is 0 Å². The van der Waals surface area contributed by atoms with Gasteiger partial charge in [-0.3, -0.25) is 4.52 Å². The fraction of sp³-hybridized carbons (Fsp3) is 1.00. The van der Waals surface area contributed by atoms with E-state index in [9.17, 15) is 50.5 Å². The zero-order valence-electron chi connectivity index (χ0n) is 20.4. The van der Waals surface area contributed by atoms with E-state index in [1.807, 2.05) is 0 Å². The first-order valence-corrected chi connectivity index (χ1v) is 13.3. The van der Waals surface area contributed by atoms with Gasteiger partial charge >= 0.3 is 7.82 Å². The molecule has 0 aromatic carbocycles. The maximum Gasteiger partial charge on any atom is 0.470 e. The van der Waals surface area contributed by atoms with Crippen molar-refractivity contribution in [1.29, 1.82) is 0 Å². The van der Waals surface area contributed by atoms with Crippen molar-refractivity contribution in [2.45, 2.75) is 92.1 Å². The molecule has 3 fully saturated rings. The lowest BCUT2D eigenvalue weighted by Crippen LogP contribution is -2.66. The molecule has 230 valence electrons. The molecule has 0 unspecified atom stereocenters. The quantitative estimate of drug-likeness (QED) is 0.104. The number of ether oxygens (including phenoxy) is 6. The van der Waals surface area contributed by atoms with Crippen molar-refractivity contribution in [2.75, 3.05) is 26.9 Å². The molecule has 3 heterocycles. The van der Waals surface area contributed by atoms with Gasteiger partial charge in [-0.05, 0) is 0 Å². The van der Waals surface area contributed by atoms with Crippen LogP contribution >= 0.6 is 7.82 Å². The van der Waals surface area contributed by atoms with E-state index in [-0.39, 0.29) is 0 Å². The van der Waals surface area contributed by atoms with Gasteiger partial charge in [0.05, 0.1) is 19.8 Å². The minimum absolute atomic E-state index is 0.721. The molecule has 0 bridgehead atoms. The molecule has 0 aromatic rings. The second-order valence-electron chi connectivity index (χ2n) is 9.12. The molecular weight excluding hydrogens is 563 g/mol. The lowest BCUT2D eigenvalue weighted by Gasteiger charge is -2.48. The van der Waals surface area contributed by atoms with Gasteiger partial charge in [0.15, 0.2) is 18.9 Å². The third-order valence-electron chi connectivity index (χ3n) is 6.54. The van der Waals surface area contributed by atoms with Crippen LogP contribution in [-0.4, -0.2) is 175 Å². The topological polar surface area (TPSA) is 304 Å². The SMILES string of the molecule is CO[C@H]1O[C@H](CO)[C@@H](O[C@H]2O[C@H](CO)[C@@H](O[C@H]3O[C@H](CO)[C@@H](O)[C@H](OP(=O)(O)O)[C@H]3O)[C@H](O)[C@H]2O)[C@H](O)[C@H]1O. The molecule has 0 amide bonds. The van der Waals surface area contributed by atoms with Crippen LogP contribution in [0.4, 0.5) is 0 Å². The number of rotatable bonds is 10. The van der Waals surface area contributed by atoms with Gasteiger partial charge in [0.2, 0.25) is 0 Å². The average molecular weight is 598 g/mol. The lowest BCUT2D eigenvalue weighted by molar-refractivity contribution is -0.378. The Balaban J connectivity index is 1.75. The first-order valence-electron chi connectivity index (χ1n) is 11.7. The number of hydrogen-bond donors (Lipinski definition) is 11. The number of phosphoric acid groups is 1. The van der Waals surface area contributed by atoms with Crippen molar-refractivity contribution >= 4 is 7.82 Å². The van der Waals surface area contributed by atoms with Crippen LogP contribution in [0, 0.1) is 0 Å². The Morgan fingerprint density at radius 3 is 1.44 bits per heavy atom. The Bertz CT molecular complexity index is 812. The molecule has 0 saturated carbocycles. The molecule has 20 heteroatoms. The summed E-state index contributed by atoms with van der Waals surface area (Å²) in [5.41, 5.74) is 0. The molecule has 0 radical (unpaired) electrons. The van der Waals surface area contributed by atoms with Crippen LogP contribution in [0.2, 0.25) is 0 Å². The third kappa shape index (κ3) is 7.30. The van der Waals surface area contributed by atoms with Gasteiger partial charge in [-0.15, -0.1) is 0 Å². The van der Waals surface area contributed by atoms with E-state index in [4.69, 9.17) is 38.2 Å². The predicted molar refractivity (Wildman–Crippen MR) is 117 cm³/mol. The van der Waals surface area contributed by atoms with E-state index in [1.54, 1.807) is 0 Å². The summed E-state index contributed by atoms with van der Waals surface area (Å²) in [7, 11) is -4.08. The summed E-state index contributed by atoms with van der Waals surface area (Å²) >= 11 is 0. The molecule has 0 aromatic heterocycles. The normalized spacial score (nSPS) is 47.7. The molecular formula is C19H35O19P. The third-order valence-corrected chi connectivity index (χ3v) is 7.06. The number of hydrogen-bond acceptors (Lipinski definition) is 17. The molecule has 15 atom stereocenters. The van der Waals surface area contributed by atoms with Crippen LogP contribution < -0.4 is 0 Å². The van der Waals surface area contributed by atoms with Crippen LogP contribution in [0.5, 0.6) is 0 Å². The zero-order chi connectivity index (χ0) is 29.2. The molecule has 0 spiro atoms. The van der Waals surface area contributed by atoms with E-state index in [0.717, 1.165) is 0 Å². The summed E-state index contributed by atoms with van der Waals surface area (Å²) in [6, 6.07) is 0. The first kappa shape index (κ1) is 33.0. The lowest BCUT2D eigenvalue weighted by atomic mass is 9.96. The highest BCUT2D eigenvalue weighted by atomic mass is 31.2. The molecule has 11 N–H and O–H groups in total. The van der Waals surface area contributed by atoms with Crippen LogP contribution in [0.1, 0.15) is 0 Å². The van der Waals surface area contributed by atoms with Gasteiger partial charge < -0.3 is 84.2 Å². The van der Waals surface area contributed by atoms with Gasteiger partial charge in [0, 0.05) is 7.11 Å². The monoisotopic (exact) mass is 598 g/mol. The maximum absolute atomic E-state index is 11.3. The van der Waals surface area contributed by atoms with E-state index in [0.29, 0.717) is 0 Å². The standard InChI is InChI=1S/C19H35O19P/c1-32-17-11(26)9(24)14(6(3-21)34-17)36-18-12(27)10(25)15(7(4-22)35-18)37-19-13(28)16(38-39(29,30)31)8(23)5(2-20)33-19/h5-28H,2-4H2,1H3,(H2,29,30,31)/t5-,6-,7-,8-,9-,10-,11-,12-,13-,14-,15-,16+,17+,18-,19-/m1/s1. The van der Waals surface area contributed by atoms with Crippen LogP contribution in [0.3, 0.4) is 0 Å². The van der Waals surface area contributed by atoms with Crippen molar-refractivity contribution in [3.8, 4) is 0 Å². The van der Waals surface area contributed by atoms with E-state index in [1.165, 1.54) is 7.11 Å². The molecule has 19 nitrogen and oxygen atoms in total. The Labute approximate surface area is 220 Å². The Morgan fingerprint density at radius 1 is 0.590 bits per heavy atom. The first-order chi connectivity index (χ1) is 18.3. The smallest absolute Gasteiger partial charge is 0.394 e. The molecule has 3 rings (SSSR count). The van der Waals surface area contributed by atoms with Crippen LogP contribution in [-0.2, 0) is 37.5 Å². The second kappa shape index (κ2) is 13.7. The second-order valence-corrected chi connectivity index (χ2v) is 10.3. The van der Waals surface area contributed by atoms with Gasteiger partial charge in [-0.2, -0.15) is 0 Å². The summed E-state index contributed by atoms with van der Waals surface area (Å²) in [5, 5.41) is 91.6. The summed E-state index contributed by atoms with van der Waals surface area (Å²) in [5.74, 6) is 0. The largest absolute Gasteiger partial charge is 0.470 e. The van der Waals surface area contributed by atoms with Gasteiger partial charge in [0.1, 0.15) is 73.2 Å². The highest BCUT2D eigenvalue weighted by molar-refractivity contribution is 7.46. The van der Waals surface area contributed by atoms with Crippen molar-refractivity contribution in [1.82, 2.24) is 0 Å². The molecule has 0 aliphatic carbocycles. The summed E-state index contributed by atoms with van der Waals surface area (Å²) in [6.07, 6.45) is -26.0. The fourth-order valence-electron chi connectivity index (χ4n) is 4.51. The number of methoxy groups -OCH3 is 1. The molecule has 39 heavy (non-hydrogen) atoms. The molecule has 3 aliphatic heterocycles. The molecule has 3 saturated heterocycles. The summed E-state index contributed by atoms with van der Waals surface area (Å²) in [4.78, 5) is 18.2. The van der Waals surface area contributed by atoms with Gasteiger partial charge in [-0.1, -0.05) is 0 Å². The van der Waals surface area contributed by atoms with E-state index < -0.39 is 120 Å². The van der Waals surface area contributed by atoms with Crippen molar-refractivity contribution in [2.24, 2.45) is 0 Å². The van der Waals surface area contributed by atoms with E-state index in [2.05, 4.69) is 4.52 Å². The van der Waals surface area contributed by atoms with Gasteiger partial charge in [-0.25, -0.2) is 4.57 Å². The minimum Gasteiger partial charge on any atom is -0.394 e. The number of aliphatic hydroxyl groups excluding tert-OH is 9. The zero-order valence-corrected chi connectivity index (χ0v) is 21.3. The Hall–Kier alpha value is -0.490. The number of phosphoric ester groups is 1. The van der Waals surface area contributed by atoms with Crippen LogP contribution in [0.25, 0.3) is 0 Å². The average Bonchev–Trinajstić information content (AvgIpc) is 2.89. The Kier molecular flexibility index (Phi) is 11.6. The maximum atomic E-state index is 11.3. The summed E-state index contributed by atoms with van der Waals surface area (Å²) < 4.78 is 47.5. The van der Waals surface area contributed by atoms with Crippen molar-refractivity contribution < 1.29 is 93.3 Å². The Morgan fingerprint density at radius 2 is 1.00 bits per heavy atom.